The molecule has 0 heterocycles. The molecule has 0 amide bonds. The van der Waals surface area contributed by atoms with Crippen LogP contribution in [0, 0.1) is 11.3 Å². The van der Waals surface area contributed by atoms with Crippen LogP contribution in [0.1, 0.15) is 26.3 Å². The van der Waals surface area contributed by atoms with Gasteiger partial charge in [-0.2, -0.15) is 5.26 Å². The summed E-state index contributed by atoms with van der Waals surface area (Å²) in [7, 11) is 2.93. The molecule has 0 aliphatic carbocycles. The van der Waals surface area contributed by atoms with E-state index in [2.05, 4.69) is 0 Å². The van der Waals surface area contributed by atoms with E-state index in [4.69, 9.17) is 19.5 Å². The molecule has 0 aliphatic rings. The molecule has 0 atom stereocenters. The second kappa shape index (κ2) is 7.79. The Morgan fingerprint density at radius 1 is 1.04 bits per heavy atom. The summed E-state index contributed by atoms with van der Waals surface area (Å²) in [5, 5.41) is 8.73. The maximum atomic E-state index is 12.3. The van der Waals surface area contributed by atoms with E-state index in [0.717, 1.165) is 0 Å². The van der Waals surface area contributed by atoms with E-state index in [1.54, 1.807) is 12.1 Å². The molecule has 0 aromatic heterocycles. The van der Waals surface area contributed by atoms with E-state index < -0.39 is 18.4 Å². The monoisotopic (exact) mass is 325 g/mol. The highest BCUT2D eigenvalue weighted by molar-refractivity contribution is 6.01. The largest absolute Gasteiger partial charge is 0.497 e. The van der Waals surface area contributed by atoms with Crippen LogP contribution in [0.15, 0.2) is 42.5 Å². The first-order valence-corrected chi connectivity index (χ1v) is 7.01. The Hall–Kier alpha value is -3.33. The Bertz CT molecular complexity index is 790. The normalized spacial score (nSPS) is 9.71. The molecule has 0 saturated carbocycles. The Balaban J connectivity index is 2.07. The van der Waals surface area contributed by atoms with Crippen LogP contribution in [0.4, 0.5) is 0 Å². The fraction of sp³-hybridized carbons (Fsp3) is 0.167. The van der Waals surface area contributed by atoms with Crippen LogP contribution in [0.2, 0.25) is 0 Å². The van der Waals surface area contributed by atoms with Crippen molar-refractivity contribution in [2.75, 3.05) is 20.8 Å². The number of esters is 1. The maximum Gasteiger partial charge on any atom is 0.338 e. The molecule has 0 saturated heterocycles. The molecule has 24 heavy (non-hydrogen) atoms. The summed E-state index contributed by atoms with van der Waals surface area (Å²) in [6.07, 6.45) is 0. The molecular weight excluding hydrogens is 310 g/mol. The number of ether oxygens (including phenoxy) is 3. The van der Waals surface area contributed by atoms with Crippen LogP contribution in [0.3, 0.4) is 0 Å². The predicted octanol–water partition coefficient (Wildman–Crippen LogP) is 2.62. The number of hydrogen-bond acceptors (Lipinski definition) is 6. The van der Waals surface area contributed by atoms with E-state index in [-0.39, 0.29) is 11.1 Å². The van der Waals surface area contributed by atoms with Crippen LogP contribution < -0.4 is 9.47 Å². The molecule has 2 aromatic carbocycles. The highest BCUT2D eigenvalue weighted by Crippen LogP contribution is 2.24. The van der Waals surface area contributed by atoms with Crippen molar-refractivity contribution in [1.82, 2.24) is 0 Å². The number of nitriles is 1. The summed E-state index contributed by atoms with van der Waals surface area (Å²) >= 11 is 0. The zero-order valence-corrected chi connectivity index (χ0v) is 13.2. The van der Waals surface area contributed by atoms with Gasteiger partial charge in [0.05, 0.1) is 37.0 Å². The van der Waals surface area contributed by atoms with Crippen LogP contribution in [-0.2, 0) is 4.74 Å². The van der Waals surface area contributed by atoms with E-state index in [9.17, 15) is 9.59 Å². The smallest absolute Gasteiger partial charge is 0.338 e. The Morgan fingerprint density at radius 2 is 1.75 bits per heavy atom. The van der Waals surface area contributed by atoms with Crippen LogP contribution >= 0.6 is 0 Å². The summed E-state index contributed by atoms with van der Waals surface area (Å²) in [5.74, 6) is -0.185. The Kier molecular flexibility index (Phi) is 5.53. The minimum absolute atomic E-state index is 0.263. The average Bonchev–Trinajstić information content (AvgIpc) is 2.65. The van der Waals surface area contributed by atoms with Crippen LogP contribution in [0.25, 0.3) is 0 Å². The fourth-order valence-electron chi connectivity index (χ4n) is 2.00. The third-order valence-electron chi connectivity index (χ3n) is 3.29. The van der Waals surface area contributed by atoms with Gasteiger partial charge in [0, 0.05) is 0 Å². The lowest BCUT2D eigenvalue weighted by Crippen LogP contribution is -2.15. The lowest BCUT2D eigenvalue weighted by molar-refractivity contribution is 0.0474. The number of nitrogens with zero attached hydrogens (tertiary/aromatic N) is 1. The quantitative estimate of drug-likeness (QED) is 0.599. The molecule has 2 aromatic rings. The van der Waals surface area contributed by atoms with Gasteiger partial charge in [0.2, 0.25) is 5.78 Å². The molecule has 0 fully saturated rings. The Morgan fingerprint density at radius 3 is 2.33 bits per heavy atom. The lowest BCUT2D eigenvalue weighted by Gasteiger charge is -2.10. The van der Waals surface area contributed by atoms with Crippen LogP contribution in [0.5, 0.6) is 11.5 Å². The molecule has 0 spiro atoms. The van der Waals surface area contributed by atoms with E-state index in [1.165, 1.54) is 44.6 Å². The molecule has 0 unspecified atom stereocenters. The summed E-state index contributed by atoms with van der Waals surface area (Å²) in [6, 6.07) is 12.7. The zero-order chi connectivity index (χ0) is 17.5. The number of Topliss-reactive ketones (excluding diaryl/α,β-unsaturated/α-hetero) is 1. The van der Waals surface area contributed by atoms with Crippen molar-refractivity contribution < 1.29 is 23.8 Å². The van der Waals surface area contributed by atoms with Crippen molar-refractivity contribution in [2.24, 2.45) is 0 Å². The molecule has 0 aliphatic heterocycles. The molecule has 122 valence electrons. The topological polar surface area (TPSA) is 85.6 Å². The van der Waals surface area contributed by atoms with Crippen LogP contribution in [-0.4, -0.2) is 32.6 Å². The number of ketones is 1. The van der Waals surface area contributed by atoms with Gasteiger partial charge in [-0.1, -0.05) is 0 Å². The fourth-order valence-corrected chi connectivity index (χ4v) is 2.00. The van der Waals surface area contributed by atoms with Gasteiger partial charge < -0.3 is 14.2 Å². The second-order valence-electron chi connectivity index (χ2n) is 4.75. The number of methoxy groups -OCH3 is 2. The van der Waals surface area contributed by atoms with Crippen molar-refractivity contribution in [1.29, 1.82) is 5.26 Å². The third kappa shape index (κ3) is 3.90. The van der Waals surface area contributed by atoms with Gasteiger partial charge in [0.25, 0.3) is 0 Å². The van der Waals surface area contributed by atoms with Gasteiger partial charge in [0.1, 0.15) is 11.5 Å². The minimum atomic E-state index is -0.644. The van der Waals surface area contributed by atoms with Crippen molar-refractivity contribution in [2.45, 2.75) is 0 Å². The SMILES string of the molecule is COc1ccc(OC)c(C(=O)COC(=O)c2ccc(C#N)cc2)c1. The first kappa shape index (κ1) is 17.0. The van der Waals surface area contributed by atoms with E-state index in [1.807, 2.05) is 6.07 Å². The predicted molar refractivity (Wildman–Crippen MR) is 85.3 cm³/mol. The van der Waals surface area contributed by atoms with E-state index >= 15 is 0 Å². The summed E-state index contributed by atoms with van der Waals surface area (Å²) in [5.41, 5.74) is 0.965. The van der Waals surface area contributed by atoms with Gasteiger partial charge in [-0.25, -0.2) is 4.79 Å². The molecule has 6 heteroatoms. The first-order valence-electron chi connectivity index (χ1n) is 7.01. The zero-order valence-electron chi connectivity index (χ0n) is 13.2. The molecule has 0 bridgehead atoms. The number of hydrogen-bond donors (Lipinski definition) is 0. The van der Waals surface area contributed by atoms with Gasteiger partial charge in [0.15, 0.2) is 6.61 Å². The minimum Gasteiger partial charge on any atom is -0.497 e. The number of benzene rings is 2. The maximum absolute atomic E-state index is 12.3. The third-order valence-corrected chi connectivity index (χ3v) is 3.29. The number of rotatable bonds is 6. The highest BCUT2D eigenvalue weighted by atomic mass is 16.5. The molecule has 0 N–H and O–H groups in total. The van der Waals surface area contributed by atoms with Crippen molar-refractivity contribution >= 4 is 11.8 Å². The second-order valence-corrected chi connectivity index (χ2v) is 4.75. The number of carbonyl (C=O) groups is 2. The van der Waals surface area contributed by atoms with Crippen molar-refractivity contribution in [3.63, 3.8) is 0 Å². The van der Waals surface area contributed by atoms with Crippen molar-refractivity contribution in [3.05, 3.63) is 59.2 Å². The van der Waals surface area contributed by atoms with Gasteiger partial charge in [-0.05, 0) is 42.5 Å². The molecule has 0 radical (unpaired) electrons. The lowest BCUT2D eigenvalue weighted by atomic mass is 10.1. The number of carbonyl (C=O) groups excluding carboxylic acids is 2. The molecule has 2 rings (SSSR count). The summed E-state index contributed by atoms with van der Waals surface area (Å²) in [4.78, 5) is 24.2. The van der Waals surface area contributed by atoms with E-state index in [0.29, 0.717) is 17.1 Å². The molecular formula is C18H15NO5. The van der Waals surface area contributed by atoms with Crippen molar-refractivity contribution in [3.8, 4) is 17.6 Å². The van der Waals surface area contributed by atoms with Gasteiger partial charge in [-0.3, -0.25) is 4.79 Å². The van der Waals surface area contributed by atoms with Gasteiger partial charge >= 0.3 is 5.97 Å². The summed E-state index contributed by atoms with van der Waals surface area (Å²) < 4.78 is 15.2. The Labute approximate surface area is 139 Å². The average molecular weight is 325 g/mol. The standard InChI is InChI=1S/C18H15NO5/c1-22-14-7-8-17(23-2)15(9-14)16(20)11-24-18(21)13-5-3-12(10-19)4-6-13/h3-9H,11H2,1-2H3. The summed E-state index contributed by atoms with van der Waals surface area (Å²) in [6.45, 7) is -0.428. The highest BCUT2D eigenvalue weighted by Gasteiger charge is 2.16. The molecule has 6 nitrogen and oxygen atoms in total. The van der Waals surface area contributed by atoms with Gasteiger partial charge in [-0.15, -0.1) is 0 Å². The first-order chi connectivity index (χ1) is 11.6.